The molecule has 2 rings (SSSR count). The van der Waals surface area contributed by atoms with Gasteiger partial charge in [-0.25, -0.2) is 0 Å². The van der Waals surface area contributed by atoms with Gasteiger partial charge in [-0.2, -0.15) is 0 Å². The smallest absolute Gasteiger partial charge is 0.0674 e. The molecule has 1 aromatic carbocycles. The van der Waals surface area contributed by atoms with Gasteiger partial charge in [0, 0.05) is 29.1 Å². The fourth-order valence-corrected chi connectivity index (χ4v) is 2.66. The zero-order valence-electron chi connectivity index (χ0n) is 9.25. The first-order valence-electron chi connectivity index (χ1n) is 5.43. The van der Waals surface area contributed by atoms with Crippen LogP contribution in [-0.4, -0.2) is 30.7 Å². The molecule has 0 amide bonds. The van der Waals surface area contributed by atoms with Crippen LogP contribution in [0.25, 0.3) is 0 Å². The Morgan fingerprint density at radius 3 is 3.06 bits per heavy atom. The highest BCUT2D eigenvalue weighted by atomic mass is 79.9. The van der Waals surface area contributed by atoms with Crippen molar-refractivity contribution in [1.82, 2.24) is 4.90 Å². The molecule has 1 fully saturated rings. The predicted octanol–water partition coefficient (Wildman–Crippen LogP) is 3.32. The zero-order chi connectivity index (χ0) is 11.5. The van der Waals surface area contributed by atoms with Crippen molar-refractivity contribution < 1.29 is 4.74 Å². The molecular weight excluding hydrogens is 289 g/mol. The van der Waals surface area contributed by atoms with E-state index in [1.165, 1.54) is 5.56 Å². The molecule has 1 aromatic rings. The molecule has 4 heteroatoms. The highest BCUT2D eigenvalue weighted by Gasteiger charge is 2.17. The third-order valence-corrected chi connectivity index (χ3v) is 3.58. The van der Waals surface area contributed by atoms with Gasteiger partial charge in [0.15, 0.2) is 0 Å². The van der Waals surface area contributed by atoms with Crippen LogP contribution < -0.4 is 0 Å². The lowest BCUT2D eigenvalue weighted by Gasteiger charge is -2.31. The van der Waals surface area contributed by atoms with E-state index in [1.54, 1.807) is 0 Å². The molecule has 0 saturated carbocycles. The lowest BCUT2D eigenvalue weighted by molar-refractivity contribution is -0.0212. The van der Waals surface area contributed by atoms with Crippen LogP contribution in [0.3, 0.4) is 0 Å². The molecule has 0 aliphatic carbocycles. The summed E-state index contributed by atoms with van der Waals surface area (Å²) in [6, 6.07) is 6.05. The number of nitrogens with zero attached hydrogens (tertiary/aromatic N) is 1. The van der Waals surface area contributed by atoms with Crippen molar-refractivity contribution in [2.24, 2.45) is 0 Å². The van der Waals surface area contributed by atoms with E-state index in [-0.39, 0.29) is 0 Å². The van der Waals surface area contributed by atoms with Gasteiger partial charge in [-0.05, 0) is 24.6 Å². The van der Waals surface area contributed by atoms with E-state index in [9.17, 15) is 0 Å². The van der Waals surface area contributed by atoms with E-state index in [2.05, 4.69) is 33.8 Å². The molecule has 88 valence electrons. The number of ether oxygens (including phenoxy) is 1. The van der Waals surface area contributed by atoms with E-state index < -0.39 is 0 Å². The second kappa shape index (κ2) is 5.50. The summed E-state index contributed by atoms with van der Waals surface area (Å²) < 4.78 is 6.54. The van der Waals surface area contributed by atoms with Gasteiger partial charge < -0.3 is 4.74 Å². The van der Waals surface area contributed by atoms with Gasteiger partial charge in [-0.15, -0.1) is 0 Å². The Hall–Kier alpha value is -0.0900. The van der Waals surface area contributed by atoms with Crippen LogP contribution in [-0.2, 0) is 11.3 Å². The third-order valence-electron chi connectivity index (χ3n) is 2.73. The van der Waals surface area contributed by atoms with Gasteiger partial charge in [0.1, 0.15) is 0 Å². The molecule has 1 saturated heterocycles. The molecule has 1 heterocycles. The minimum atomic E-state index is 0.322. The van der Waals surface area contributed by atoms with Gasteiger partial charge in [-0.3, -0.25) is 4.90 Å². The van der Waals surface area contributed by atoms with Crippen LogP contribution >= 0.6 is 27.5 Å². The lowest BCUT2D eigenvalue weighted by Crippen LogP contribution is -2.40. The number of halogens is 2. The Bertz CT molecular complexity index is 372. The summed E-state index contributed by atoms with van der Waals surface area (Å²) in [6.07, 6.45) is 0.322. The van der Waals surface area contributed by atoms with Crippen molar-refractivity contribution in [1.29, 1.82) is 0 Å². The third kappa shape index (κ3) is 3.20. The van der Waals surface area contributed by atoms with Crippen molar-refractivity contribution in [2.45, 2.75) is 19.6 Å². The lowest BCUT2D eigenvalue weighted by atomic mass is 10.2. The maximum atomic E-state index is 6.20. The minimum absolute atomic E-state index is 0.322. The highest BCUT2D eigenvalue weighted by molar-refractivity contribution is 9.10. The first-order valence-corrected chi connectivity index (χ1v) is 6.60. The Balaban J connectivity index is 2.02. The molecule has 2 nitrogen and oxygen atoms in total. The molecule has 0 N–H and O–H groups in total. The second-order valence-electron chi connectivity index (χ2n) is 4.15. The van der Waals surface area contributed by atoms with Crippen LogP contribution in [0.4, 0.5) is 0 Å². The van der Waals surface area contributed by atoms with Gasteiger partial charge in [0.2, 0.25) is 0 Å². The Morgan fingerprint density at radius 1 is 1.56 bits per heavy atom. The summed E-state index contributed by atoms with van der Waals surface area (Å²) in [4.78, 5) is 2.38. The molecule has 1 unspecified atom stereocenters. The number of morpholine rings is 1. The molecule has 1 aliphatic heterocycles. The van der Waals surface area contributed by atoms with Crippen molar-refractivity contribution in [2.75, 3.05) is 19.7 Å². The van der Waals surface area contributed by atoms with Crippen LogP contribution in [0.1, 0.15) is 12.5 Å². The summed E-state index contributed by atoms with van der Waals surface area (Å²) in [5.41, 5.74) is 1.18. The van der Waals surface area contributed by atoms with Crippen molar-refractivity contribution in [3.05, 3.63) is 33.3 Å². The normalized spacial score (nSPS) is 22.3. The molecule has 1 atom stereocenters. The summed E-state index contributed by atoms with van der Waals surface area (Å²) in [5, 5.41) is 0.827. The summed E-state index contributed by atoms with van der Waals surface area (Å²) >= 11 is 9.61. The second-order valence-corrected chi connectivity index (χ2v) is 5.48. The Kier molecular flexibility index (Phi) is 4.25. The minimum Gasteiger partial charge on any atom is -0.376 e. The highest BCUT2D eigenvalue weighted by Crippen LogP contribution is 2.23. The standard InChI is InChI=1S/C12H15BrClNO/c1-9-7-15(4-5-16-9)8-10-2-3-11(13)6-12(10)14/h2-3,6,9H,4-5,7-8H2,1H3. The van der Waals surface area contributed by atoms with Gasteiger partial charge in [0.25, 0.3) is 0 Å². The summed E-state index contributed by atoms with van der Waals surface area (Å²) in [5.74, 6) is 0. The molecule has 16 heavy (non-hydrogen) atoms. The number of hydrogen-bond acceptors (Lipinski definition) is 2. The van der Waals surface area contributed by atoms with E-state index >= 15 is 0 Å². The van der Waals surface area contributed by atoms with E-state index in [0.717, 1.165) is 35.7 Å². The summed E-state index contributed by atoms with van der Waals surface area (Å²) in [6.45, 7) is 5.79. The Labute approximate surface area is 110 Å². The van der Waals surface area contributed by atoms with Crippen LogP contribution in [0.15, 0.2) is 22.7 Å². The molecular formula is C12H15BrClNO. The first kappa shape index (κ1) is 12.4. The van der Waals surface area contributed by atoms with Gasteiger partial charge >= 0.3 is 0 Å². The van der Waals surface area contributed by atoms with Crippen molar-refractivity contribution >= 4 is 27.5 Å². The SMILES string of the molecule is CC1CN(Cc2ccc(Br)cc2Cl)CCO1. The number of hydrogen-bond donors (Lipinski definition) is 0. The number of benzene rings is 1. The first-order chi connectivity index (χ1) is 7.65. The average molecular weight is 305 g/mol. The van der Waals surface area contributed by atoms with Crippen molar-refractivity contribution in [3.8, 4) is 0 Å². The maximum Gasteiger partial charge on any atom is 0.0674 e. The average Bonchev–Trinajstić information content (AvgIpc) is 2.22. The topological polar surface area (TPSA) is 12.5 Å². The largest absolute Gasteiger partial charge is 0.376 e. The zero-order valence-corrected chi connectivity index (χ0v) is 11.6. The van der Waals surface area contributed by atoms with Crippen molar-refractivity contribution in [3.63, 3.8) is 0 Å². The summed E-state index contributed by atoms with van der Waals surface area (Å²) in [7, 11) is 0. The monoisotopic (exact) mass is 303 g/mol. The van der Waals surface area contributed by atoms with Crippen LogP contribution in [0, 0.1) is 0 Å². The molecule has 0 spiro atoms. The molecule has 1 aliphatic rings. The molecule has 0 bridgehead atoms. The molecule has 0 aromatic heterocycles. The van der Waals surface area contributed by atoms with Gasteiger partial charge in [0.05, 0.1) is 12.7 Å². The van der Waals surface area contributed by atoms with E-state index in [1.807, 2.05) is 12.1 Å². The predicted molar refractivity (Wildman–Crippen MR) is 69.8 cm³/mol. The van der Waals surface area contributed by atoms with E-state index in [0.29, 0.717) is 6.10 Å². The van der Waals surface area contributed by atoms with Gasteiger partial charge in [-0.1, -0.05) is 33.6 Å². The van der Waals surface area contributed by atoms with Crippen LogP contribution in [0.2, 0.25) is 5.02 Å². The number of rotatable bonds is 2. The maximum absolute atomic E-state index is 6.20. The quantitative estimate of drug-likeness (QED) is 0.831. The fraction of sp³-hybridized carbons (Fsp3) is 0.500. The Morgan fingerprint density at radius 2 is 2.38 bits per heavy atom. The van der Waals surface area contributed by atoms with E-state index in [4.69, 9.17) is 16.3 Å². The molecule has 0 radical (unpaired) electrons. The fourth-order valence-electron chi connectivity index (χ4n) is 1.93. The van der Waals surface area contributed by atoms with Crippen LogP contribution in [0.5, 0.6) is 0 Å².